The van der Waals surface area contributed by atoms with E-state index in [0.717, 1.165) is 10.6 Å². The van der Waals surface area contributed by atoms with Crippen LogP contribution in [0.1, 0.15) is 21.5 Å². The Morgan fingerprint density at radius 2 is 2.18 bits per heavy atom. The number of carbonyl (C=O) groups excluding carboxylic acids is 1. The summed E-state index contributed by atoms with van der Waals surface area (Å²) in [7, 11) is 0. The lowest BCUT2D eigenvalue weighted by Crippen LogP contribution is -2.17. The molecule has 0 radical (unpaired) electrons. The smallest absolute Gasteiger partial charge is 0.266 e. The number of amides is 1. The summed E-state index contributed by atoms with van der Waals surface area (Å²) < 4.78 is 0.708. The molecule has 0 aliphatic heterocycles. The minimum Gasteiger partial charge on any atom is -0.266 e. The van der Waals surface area contributed by atoms with E-state index in [-0.39, 0.29) is 5.91 Å². The van der Waals surface area contributed by atoms with Crippen LogP contribution in [0.2, 0.25) is 4.34 Å². The van der Waals surface area contributed by atoms with Crippen LogP contribution in [-0.4, -0.2) is 11.6 Å². The number of nitrogens with zero attached hydrogens (tertiary/aromatic N) is 1. The van der Waals surface area contributed by atoms with Gasteiger partial charge < -0.3 is 0 Å². The fraction of sp³-hybridized carbons (Fsp3) is 0.0909. The molecule has 17 heavy (non-hydrogen) atoms. The van der Waals surface area contributed by atoms with Crippen LogP contribution in [0.25, 0.3) is 0 Å². The topological polar surface area (TPSA) is 41.5 Å². The first-order valence-electron chi connectivity index (χ1n) is 4.80. The van der Waals surface area contributed by atoms with Gasteiger partial charge in [-0.25, -0.2) is 5.43 Å². The highest BCUT2D eigenvalue weighted by molar-refractivity contribution is 7.18. The number of rotatable bonds is 3. The van der Waals surface area contributed by atoms with Crippen molar-refractivity contribution in [1.29, 1.82) is 0 Å². The number of halogens is 1. The van der Waals surface area contributed by atoms with E-state index in [0.29, 0.717) is 9.21 Å². The second-order valence-corrected chi connectivity index (χ2v) is 5.88. The zero-order valence-corrected chi connectivity index (χ0v) is 11.3. The normalized spacial score (nSPS) is 11.5. The lowest BCUT2D eigenvalue weighted by atomic mass is 10.3. The Kier molecular flexibility index (Phi) is 3.93. The first-order valence-corrected chi connectivity index (χ1v) is 6.88. The third-order valence-corrected chi connectivity index (χ3v) is 4.21. The van der Waals surface area contributed by atoms with Crippen LogP contribution in [0.4, 0.5) is 0 Å². The van der Waals surface area contributed by atoms with Crippen LogP contribution in [-0.2, 0) is 0 Å². The highest BCUT2D eigenvalue weighted by Gasteiger charge is 2.06. The van der Waals surface area contributed by atoms with Gasteiger partial charge in [-0.15, -0.1) is 22.7 Å². The number of hydrogen-bond donors (Lipinski definition) is 1. The maximum absolute atomic E-state index is 11.6. The summed E-state index contributed by atoms with van der Waals surface area (Å²) in [5.74, 6) is -0.193. The minimum absolute atomic E-state index is 0.193. The molecule has 0 aromatic carbocycles. The largest absolute Gasteiger partial charge is 0.281 e. The third kappa shape index (κ3) is 3.15. The molecule has 1 amide bonds. The predicted molar refractivity (Wildman–Crippen MR) is 73.3 cm³/mol. The van der Waals surface area contributed by atoms with Gasteiger partial charge in [0.2, 0.25) is 0 Å². The molecule has 2 aromatic rings. The molecular weight excluding hydrogens is 276 g/mol. The van der Waals surface area contributed by atoms with Gasteiger partial charge >= 0.3 is 0 Å². The van der Waals surface area contributed by atoms with Crippen LogP contribution in [0.15, 0.2) is 34.7 Å². The van der Waals surface area contributed by atoms with Crippen molar-refractivity contribution >= 4 is 45.9 Å². The zero-order valence-electron chi connectivity index (χ0n) is 8.94. The van der Waals surface area contributed by atoms with Crippen molar-refractivity contribution in [2.75, 3.05) is 0 Å². The Hall–Kier alpha value is -1.17. The van der Waals surface area contributed by atoms with Gasteiger partial charge in [0, 0.05) is 0 Å². The van der Waals surface area contributed by atoms with Gasteiger partial charge in [-0.1, -0.05) is 17.7 Å². The molecule has 0 saturated heterocycles. The monoisotopic (exact) mass is 284 g/mol. The standard InChI is InChI=1S/C11H9ClN2OS2/c1-7(8-4-5-10(12)17-8)13-14-11(15)9-3-2-6-16-9/h2-6H,1H3,(H,14,15)/b13-7+. The summed E-state index contributed by atoms with van der Waals surface area (Å²) in [6, 6.07) is 7.27. The first kappa shape index (κ1) is 12.3. The van der Waals surface area contributed by atoms with Gasteiger partial charge in [-0.3, -0.25) is 4.79 Å². The van der Waals surface area contributed by atoms with Gasteiger partial charge in [0.25, 0.3) is 5.91 Å². The van der Waals surface area contributed by atoms with Crippen molar-refractivity contribution in [2.24, 2.45) is 5.10 Å². The van der Waals surface area contributed by atoms with Crippen molar-refractivity contribution in [3.63, 3.8) is 0 Å². The van der Waals surface area contributed by atoms with Gasteiger partial charge in [0.15, 0.2) is 0 Å². The number of hydrogen-bond acceptors (Lipinski definition) is 4. The molecule has 0 spiro atoms. The van der Waals surface area contributed by atoms with E-state index < -0.39 is 0 Å². The van der Waals surface area contributed by atoms with Gasteiger partial charge in [-0.2, -0.15) is 5.10 Å². The Morgan fingerprint density at radius 1 is 1.35 bits per heavy atom. The summed E-state index contributed by atoms with van der Waals surface area (Å²) in [6.45, 7) is 1.83. The molecule has 0 atom stereocenters. The average Bonchev–Trinajstić information content (AvgIpc) is 2.95. The van der Waals surface area contributed by atoms with E-state index >= 15 is 0 Å². The SMILES string of the molecule is C/C(=N\NC(=O)c1cccs1)c1ccc(Cl)s1. The van der Waals surface area contributed by atoms with Crippen LogP contribution in [0.3, 0.4) is 0 Å². The molecule has 88 valence electrons. The zero-order chi connectivity index (χ0) is 12.3. The van der Waals surface area contributed by atoms with E-state index in [1.807, 2.05) is 30.5 Å². The molecule has 0 unspecified atom stereocenters. The quantitative estimate of drug-likeness (QED) is 0.679. The molecule has 0 saturated carbocycles. The Morgan fingerprint density at radius 3 is 2.76 bits per heavy atom. The molecule has 0 fully saturated rings. The Balaban J connectivity index is 2.04. The molecule has 2 rings (SSSR count). The number of thiophene rings is 2. The summed E-state index contributed by atoms with van der Waals surface area (Å²) in [5, 5.41) is 5.89. The fourth-order valence-corrected chi connectivity index (χ4v) is 2.76. The van der Waals surface area contributed by atoms with Crippen LogP contribution in [0.5, 0.6) is 0 Å². The van der Waals surface area contributed by atoms with Gasteiger partial charge in [0.1, 0.15) is 0 Å². The Labute approximate surface area is 112 Å². The highest BCUT2D eigenvalue weighted by atomic mass is 35.5. The summed E-state index contributed by atoms with van der Waals surface area (Å²) >= 11 is 8.64. The summed E-state index contributed by atoms with van der Waals surface area (Å²) in [4.78, 5) is 13.2. The predicted octanol–water partition coefficient (Wildman–Crippen LogP) is 3.62. The van der Waals surface area contributed by atoms with Crippen molar-refractivity contribution < 1.29 is 4.79 Å². The lowest BCUT2D eigenvalue weighted by molar-refractivity contribution is 0.0959. The van der Waals surface area contributed by atoms with E-state index in [9.17, 15) is 4.79 Å². The molecule has 1 N–H and O–H groups in total. The maximum atomic E-state index is 11.6. The minimum atomic E-state index is -0.193. The van der Waals surface area contributed by atoms with E-state index in [2.05, 4.69) is 10.5 Å². The van der Waals surface area contributed by atoms with Crippen molar-refractivity contribution in [2.45, 2.75) is 6.92 Å². The molecule has 3 nitrogen and oxygen atoms in total. The van der Waals surface area contributed by atoms with Crippen molar-refractivity contribution in [3.8, 4) is 0 Å². The first-order chi connectivity index (χ1) is 8.16. The molecule has 0 aliphatic carbocycles. The summed E-state index contributed by atoms with van der Waals surface area (Å²) in [5.41, 5.74) is 3.26. The van der Waals surface area contributed by atoms with E-state index in [4.69, 9.17) is 11.6 Å². The second-order valence-electron chi connectivity index (χ2n) is 3.22. The molecule has 6 heteroatoms. The third-order valence-electron chi connectivity index (χ3n) is 2.00. The van der Waals surface area contributed by atoms with Crippen molar-refractivity contribution in [3.05, 3.63) is 43.7 Å². The molecular formula is C11H9ClN2OS2. The molecule has 2 heterocycles. The number of carbonyl (C=O) groups is 1. The van der Waals surface area contributed by atoms with E-state index in [1.165, 1.54) is 22.7 Å². The van der Waals surface area contributed by atoms with Crippen LogP contribution in [0, 0.1) is 0 Å². The summed E-state index contributed by atoms with van der Waals surface area (Å²) in [6.07, 6.45) is 0. The lowest BCUT2D eigenvalue weighted by Gasteiger charge is -1.98. The van der Waals surface area contributed by atoms with Crippen molar-refractivity contribution in [1.82, 2.24) is 5.43 Å². The average molecular weight is 285 g/mol. The van der Waals surface area contributed by atoms with Gasteiger partial charge in [-0.05, 0) is 30.5 Å². The van der Waals surface area contributed by atoms with Crippen LogP contribution < -0.4 is 5.43 Å². The maximum Gasteiger partial charge on any atom is 0.281 e. The van der Waals surface area contributed by atoms with Crippen LogP contribution >= 0.6 is 34.3 Å². The molecule has 2 aromatic heterocycles. The number of hydrazone groups is 1. The van der Waals surface area contributed by atoms with Gasteiger partial charge in [0.05, 0.1) is 19.8 Å². The second kappa shape index (κ2) is 5.44. The Bertz CT molecular complexity index is 546. The molecule has 0 bridgehead atoms. The number of nitrogens with one attached hydrogen (secondary N) is 1. The molecule has 0 aliphatic rings. The van der Waals surface area contributed by atoms with E-state index in [1.54, 1.807) is 6.07 Å². The highest BCUT2D eigenvalue weighted by Crippen LogP contribution is 2.21. The fourth-order valence-electron chi connectivity index (χ4n) is 1.16.